The Labute approximate surface area is 224 Å². The van der Waals surface area contributed by atoms with Gasteiger partial charge in [-0.2, -0.15) is 5.26 Å². The number of aromatic nitrogens is 2. The SMILES string of the molecule is CCOc1cc(-c2cnc(Nc3ccc(N4CCC(N5CCOCC5)CC4)cc3OC)nc2)ccc1C#N. The fourth-order valence-electron chi connectivity index (χ4n) is 5.14. The number of methoxy groups -OCH3 is 1. The van der Waals surface area contributed by atoms with Crippen LogP contribution < -0.4 is 19.7 Å². The highest BCUT2D eigenvalue weighted by atomic mass is 16.5. The molecule has 0 atom stereocenters. The van der Waals surface area contributed by atoms with Gasteiger partial charge in [-0.3, -0.25) is 4.90 Å². The number of ether oxygens (including phenoxy) is 3. The van der Waals surface area contributed by atoms with Crippen molar-refractivity contribution in [3.8, 4) is 28.7 Å². The number of nitriles is 1. The molecule has 2 aliphatic rings. The highest BCUT2D eigenvalue weighted by molar-refractivity contribution is 5.70. The van der Waals surface area contributed by atoms with Gasteiger partial charge in [0, 0.05) is 61.9 Å². The third-order valence-electron chi connectivity index (χ3n) is 7.21. The van der Waals surface area contributed by atoms with E-state index in [1.165, 1.54) is 0 Å². The molecule has 0 spiro atoms. The van der Waals surface area contributed by atoms with Crippen LogP contribution in [0.1, 0.15) is 25.3 Å². The molecule has 3 aromatic rings. The first-order chi connectivity index (χ1) is 18.7. The lowest BCUT2D eigenvalue weighted by Crippen LogP contribution is -2.49. The molecule has 198 valence electrons. The van der Waals surface area contributed by atoms with Crippen LogP contribution in [0.5, 0.6) is 11.5 Å². The molecular formula is C29H34N6O3. The average Bonchev–Trinajstić information content (AvgIpc) is 2.98. The average molecular weight is 515 g/mol. The van der Waals surface area contributed by atoms with Gasteiger partial charge in [0.25, 0.3) is 0 Å². The Morgan fingerprint density at radius 1 is 1.00 bits per heavy atom. The molecule has 0 saturated carbocycles. The molecule has 9 nitrogen and oxygen atoms in total. The summed E-state index contributed by atoms with van der Waals surface area (Å²) in [7, 11) is 1.68. The molecule has 0 aliphatic carbocycles. The van der Waals surface area contributed by atoms with Crippen molar-refractivity contribution < 1.29 is 14.2 Å². The maximum absolute atomic E-state index is 9.30. The normalized spacial score (nSPS) is 16.6. The van der Waals surface area contributed by atoms with E-state index < -0.39 is 0 Å². The van der Waals surface area contributed by atoms with Crippen LogP contribution >= 0.6 is 0 Å². The first-order valence-electron chi connectivity index (χ1n) is 13.2. The van der Waals surface area contributed by atoms with Gasteiger partial charge in [0.2, 0.25) is 5.95 Å². The molecule has 5 rings (SSSR count). The molecule has 2 aromatic carbocycles. The number of morpholine rings is 1. The number of nitrogens with zero attached hydrogens (tertiary/aromatic N) is 5. The summed E-state index contributed by atoms with van der Waals surface area (Å²) in [5.74, 6) is 1.79. The second-order valence-corrected chi connectivity index (χ2v) is 9.43. The van der Waals surface area contributed by atoms with Crippen molar-refractivity contribution in [1.82, 2.24) is 14.9 Å². The van der Waals surface area contributed by atoms with Gasteiger partial charge >= 0.3 is 0 Å². The van der Waals surface area contributed by atoms with E-state index in [1.807, 2.05) is 25.1 Å². The van der Waals surface area contributed by atoms with Gasteiger partial charge in [0.1, 0.15) is 17.6 Å². The van der Waals surface area contributed by atoms with Gasteiger partial charge in [0.15, 0.2) is 0 Å². The molecule has 1 N–H and O–H groups in total. The third kappa shape index (κ3) is 5.82. The molecule has 3 heterocycles. The minimum atomic E-state index is 0.477. The highest BCUT2D eigenvalue weighted by Crippen LogP contribution is 2.33. The van der Waals surface area contributed by atoms with E-state index in [0.717, 1.165) is 80.5 Å². The second kappa shape index (κ2) is 12.1. The molecule has 1 aromatic heterocycles. The quantitative estimate of drug-likeness (QED) is 0.467. The molecule has 2 fully saturated rings. The monoisotopic (exact) mass is 514 g/mol. The molecular weight excluding hydrogens is 480 g/mol. The Hall–Kier alpha value is -3.87. The van der Waals surface area contributed by atoms with Crippen LogP contribution in [0.25, 0.3) is 11.1 Å². The summed E-state index contributed by atoms with van der Waals surface area (Å²) >= 11 is 0. The molecule has 0 amide bonds. The maximum Gasteiger partial charge on any atom is 0.227 e. The van der Waals surface area contributed by atoms with Crippen molar-refractivity contribution in [2.45, 2.75) is 25.8 Å². The van der Waals surface area contributed by atoms with E-state index in [0.29, 0.717) is 29.9 Å². The van der Waals surface area contributed by atoms with Crippen molar-refractivity contribution in [3.63, 3.8) is 0 Å². The van der Waals surface area contributed by atoms with Gasteiger partial charge in [-0.25, -0.2) is 9.97 Å². The van der Waals surface area contributed by atoms with Crippen LogP contribution in [0.3, 0.4) is 0 Å². The molecule has 2 saturated heterocycles. The summed E-state index contributed by atoms with van der Waals surface area (Å²) < 4.78 is 16.8. The van der Waals surface area contributed by atoms with Crippen LogP contribution in [0.4, 0.5) is 17.3 Å². The topological polar surface area (TPSA) is 95.8 Å². The molecule has 38 heavy (non-hydrogen) atoms. The van der Waals surface area contributed by atoms with Crippen LogP contribution in [-0.4, -0.2) is 74.0 Å². The Bertz CT molecular complexity index is 1260. The van der Waals surface area contributed by atoms with Crippen molar-refractivity contribution in [2.24, 2.45) is 0 Å². The Kier molecular flexibility index (Phi) is 8.22. The van der Waals surface area contributed by atoms with E-state index in [-0.39, 0.29) is 0 Å². The third-order valence-corrected chi connectivity index (χ3v) is 7.21. The fourth-order valence-corrected chi connectivity index (χ4v) is 5.14. The van der Waals surface area contributed by atoms with Crippen molar-refractivity contribution in [3.05, 3.63) is 54.4 Å². The predicted molar refractivity (Wildman–Crippen MR) is 147 cm³/mol. The number of rotatable bonds is 8. The zero-order valence-corrected chi connectivity index (χ0v) is 22.0. The maximum atomic E-state index is 9.30. The molecule has 0 radical (unpaired) electrons. The molecule has 9 heteroatoms. The summed E-state index contributed by atoms with van der Waals surface area (Å²) in [6.07, 6.45) is 5.83. The fraction of sp³-hybridized carbons (Fsp3) is 0.414. The number of nitrogens with one attached hydrogen (secondary N) is 1. The van der Waals surface area contributed by atoms with E-state index in [1.54, 1.807) is 25.6 Å². The lowest BCUT2D eigenvalue weighted by molar-refractivity contribution is 0.0115. The first-order valence-corrected chi connectivity index (χ1v) is 13.2. The van der Waals surface area contributed by atoms with Gasteiger partial charge in [-0.1, -0.05) is 6.07 Å². The van der Waals surface area contributed by atoms with Crippen LogP contribution in [-0.2, 0) is 4.74 Å². The van der Waals surface area contributed by atoms with Crippen LogP contribution in [0, 0.1) is 11.3 Å². The Balaban J connectivity index is 1.24. The Morgan fingerprint density at radius 2 is 1.76 bits per heavy atom. The number of anilines is 3. The predicted octanol–water partition coefficient (Wildman–Crippen LogP) is 4.47. The standard InChI is InChI=1S/C29H34N6O3/c1-3-38-27-16-21(4-5-22(27)18-30)23-19-31-29(32-20-23)33-26-7-6-25(17-28(26)36-2)34-10-8-24(9-11-34)35-12-14-37-15-13-35/h4-7,16-17,19-20,24H,3,8-15H2,1-2H3,(H,31,32,33). The van der Waals surface area contributed by atoms with E-state index in [4.69, 9.17) is 14.2 Å². The van der Waals surface area contributed by atoms with Crippen molar-refractivity contribution in [1.29, 1.82) is 5.26 Å². The smallest absolute Gasteiger partial charge is 0.227 e. The van der Waals surface area contributed by atoms with Crippen LogP contribution in [0.15, 0.2) is 48.8 Å². The number of hydrogen-bond donors (Lipinski definition) is 1. The van der Waals surface area contributed by atoms with Gasteiger partial charge < -0.3 is 24.4 Å². The largest absolute Gasteiger partial charge is 0.494 e. The van der Waals surface area contributed by atoms with Crippen molar-refractivity contribution in [2.75, 3.05) is 63.3 Å². The zero-order valence-electron chi connectivity index (χ0n) is 22.0. The van der Waals surface area contributed by atoms with Gasteiger partial charge in [0.05, 0.1) is 38.2 Å². The molecule has 0 unspecified atom stereocenters. The summed E-state index contributed by atoms with van der Waals surface area (Å²) in [6.45, 7) is 8.24. The lowest BCUT2D eigenvalue weighted by Gasteiger charge is -2.40. The summed E-state index contributed by atoms with van der Waals surface area (Å²) in [5, 5.41) is 12.6. The van der Waals surface area contributed by atoms with Gasteiger partial charge in [-0.05, 0) is 49.6 Å². The number of benzene rings is 2. The van der Waals surface area contributed by atoms with E-state index in [2.05, 4.69) is 43.3 Å². The zero-order chi connectivity index (χ0) is 26.3. The molecule has 0 bridgehead atoms. The summed E-state index contributed by atoms with van der Waals surface area (Å²) in [6, 6.07) is 14.5. The van der Waals surface area contributed by atoms with Gasteiger partial charge in [-0.15, -0.1) is 0 Å². The lowest BCUT2D eigenvalue weighted by atomic mass is 10.0. The highest BCUT2D eigenvalue weighted by Gasteiger charge is 2.26. The number of piperidine rings is 1. The summed E-state index contributed by atoms with van der Waals surface area (Å²) in [5.41, 5.74) is 4.20. The van der Waals surface area contributed by atoms with Crippen LogP contribution in [0.2, 0.25) is 0 Å². The Morgan fingerprint density at radius 3 is 2.45 bits per heavy atom. The van der Waals surface area contributed by atoms with E-state index >= 15 is 0 Å². The van der Waals surface area contributed by atoms with E-state index in [9.17, 15) is 5.26 Å². The van der Waals surface area contributed by atoms with Crippen molar-refractivity contribution >= 4 is 17.3 Å². The second-order valence-electron chi connectivity index (χ2n) is 9.43. The summed E-state index contributed by atoms with van der Waals surface area (Å²) in [4.78, 5) is 14.0. The number of hydrogen-bond acceptors (Lipinski definition) is 9. The first kappa shape index (κ1) is 25.8. The minimum Gasteiger partial charge on any atom is -0.494 e. The minimum absolute atomic E-state index is 0.477. The molecule has 2 aliphatic heterocycles.